The lowest BCUT2D eigenvalue weighted by Crippen LogP contribution is -2.42. The number of aryl methyl sites for hydroxylation is 1. The molecule has 13 heteroatoms. The van der Waals surface area contributed by atoms with Crippen LogP contribution in [0.5, 0.6) is 5.75 Å². The summed E-state index contributed by atoms with van der Waals surface area (Å²) in [5, 5.41) is 23.6. The third-order valence-electron chi connectivity index (χ3n) is 7.26. The van der Waals surface area contributed by atoms with Crippen LogP contribution in [0.25, 0.3) is 11.2 Å². The highest BCUT2D eigenvalue weighted by Gasteiger charge is 2.47. The number of piperidine rings is 1. The smallest absolute Gasteiger partial charge is 0.410 e. The second-order valence-corrected chi connectivity index (χ2v) is 10.2. The van der Waals surface area contributed by atoms with Crippen LogP contribution >= 0.6 is 0 Å². The fourth-order valence-corrected chi connectivity index (χ4v) is 4.93. The minimum absolute atomic E-state index is 0.103. The third-order valence-corrected chi connectivity index (χ3v) is 7.26. The first-order valence-electron chi connectivity index (χ1n) is 13.6. The van der Waals surface area contributed by atoms with Crippen molar-refractivity contribution in [2.75, 3.05) is 25.4 Å². The summed E-state index contributed by atoms with van der Waals surface area (Å²) in [7, 11) is 0. The zero-order valence-corrected chi connectivity index (χ0v) is 22.9. The predicted octanol–water partition coefficient (Wildman–Crippen LogP) is 1.12. The van der Waals surface area contributed by atoms with Gasteiger partial charge in [0.25, 0.3) is 5.91 Å². The Morgan fingerprint density at radius 2 is 1.90 bits per heavy atom. The molecule has 13 nitrogen and oxygen atoms in total. The van der Waals surface area contributed by atoms with E-state index >= 15 is 0 Å². The van der Waals surface area contributed by atoms with Crippen molar-refractivity contribution in [3.63, 3.8) is 0 Å². The van der Waals surface area contributed by atoms with Crippen LogP contribution in [0.15, 0.2) is 30.6 Å². The molecule has 2 unspecified atom stereocenters. The minimum Gasteiger partial charge on any atom is -0.410 e. The lowest BCUT2D eigenvalue weighted by molar-refractivity contribution is -0.137. The maximum Gasteiger partial charge on any atom is 0.415 e. The summed E-state index contributed by atoms with van der Waals surface area (Å²) in [5.74, 6) is 6.64. The van der Waals surface area contributed by atoms with Gasteiger partial charge in [0.15, 0.2) is 23.8 Å². The molecule has 5 rings (SSSR count). The van der Waals surface area contributed by atoms with Crippen molar-refractivity contribution in [2.24, 2.45) is 5.92 Å². The second kappa shape index (κ2) is 12.1. The maximum absolute atomic E-state index is 12.5. The van der Waals surface area contributed by atoms with Gasteiger partial charge in [-0.1, -0.05) is 23.6 Å². The van der Waals surface area contributed by atoms with E-state index in [1.807, 2.05) is 19.1 Å². The molecule has 216 valence electrons. The van der Waals surface area contributed by atoms with Crippen LogP contribution in [-0.2, 0) is 9.53 Å². The summed E-state index contributed by atoms with van der Waals surface area (Å²) in [6.45, 7) is 5.23. The number of ether oxygens (including phenoxy) is 2. The van der Waals surface area contributed by atoms with Crippen LogP contribution in [0.2, 0.25) is 0 Å². The number of anilines is 1. The number of nitrogens with one attached hydrogen (secondary N) is 1. The quantitative estimate of drug-likeness (QED) is 0.329. The van der Waals surface area contributed by atoms with Crippen molar-refractivity contribution in [3.05, 3.63) is 42.0 Å². The third kappa shape index (κ3) is 6.09. The van der Waals surface area contributed by atoms with Gasteiger partial charge in [-0.2, -0.15) is 0 Å². The summed E-state index contributed by atoms with van der Waals surface area (Å²) >= 11 is 0. The van der Waals surface area contributed by atoms with Crippen LogP contribution in [0.1, 0.15) is 43.8 Å². The average molecular weight is 564 g/mol. The number of aliphatic hydroxyl groups is 2. The Hall–Kier alpha value is -4.25. The number of amides is 2. The first-order chi connectivity index (χ1) is 19.7. The number of carbonyl (C=O) groups is 2. The van der Waals surface area contributed by atoms with Crippen molar-refractivity contribution in [2.45, 2.75) is 57.6 Å². The number of hydrogen-bond donors (Lipinski definition) is 4. The standard InChI is InChI=1S/C28H33N7O6/c1-3-30-26(38)23-21(36)22(37)27(41-23)35-15-31-20-24(29)32-19(33-25(20)35)6-4-5-17-11-13-34(14-12-17)28(39)40-18-9-7-16(2)8-10-18/h7-10,15,17,21-23,27,36-37H,3,5,11-14H2,1-2H3,(H,30,38)(H2,29,32,33)/t21?,22?,23-,27+/m0/s1. The summed E-state index contributed by atoms with van der Waals surface area (Å²) in [5.41, 5.74) is 7.75. The summed E-state index contributed by atoms with van der Waals surface area (Å²) in [4.78, 5) is 39.4. The van der Waals surface area contributed by atoms with Crippen LogP contribution in [0, 0.1) is 24.7 Å². The molecule has 2 aliphatic heterocycles. The lowest BCUT2D eigenvalue weighted by Gasteiger charge is -2.30. The van der Waals surface area contributed by atoms with E-state index in [0.717, 1.165) is 18.4 Å². The maximum atomic E-state index is 12.5. The van der Waals surface area contributed by atoms with Crippen LogP contribution in [0.4, 0.5) is 10.6 Å². The largest absolute Gasteiger partial charge is 0.415 e. The van der Waals surface area contributed by atoms with Gasteiger partial charge < -0.3 is 35.6 Å². The molecule has 0 aliphatic carbocycles. The number of aliphatic hydroxyl groups excluding tert-OH is 2. The molecule has 41 heavy (non-hydrogen) atoms. The number of likely N-dealkylation sites (tertiary alicyclic amines) is 1. The highest BCUT2D eigenvalue weighted by Crippen LogP contribution is 2.32. The molecule has 1 aromatic carbocycles. The number of aromatic nitrogens is 4. The molecule has 2 saturated heterocycles. The Morgan fingerprint density at radius 1 is 1.17 bits per heavy atom. The van der Waals surface area contributed by atoms with Gasteiger partial charge >= 0.3 is 6.09 Å². The number of hydrogen-bond acceptors (Lipinski definition) is 10. The van der Waals surface area contributed by atoms with E-state index < -0.39 is 30.4 Å². The molecule has 2 aliphatic rings. The molecule has 2 aromatic heterocycles. The molecule has 4 heterocycles. The molecule has 3 aromatic rings. The number of nitrogen functional groups attached to an aromatic ring is 1. The van der Waals surface area contributed by atoms with E-state index in [4.69, 9.17) is 15.2 Å². The Balaban J connectivity index is 1.21. The van der Waals surface area contributed by atoms with E-state index in [0.29, 0.717) is 37.7 Å². The second-order valence-electron chi connectivity index (χ2n) is 10.2. The Labute approximate surface area is 236 Å². The highest BCUT2D eigenvalue weighted by molar-refractivity contribution is 5.83. The molecule has 0 radical (unpaired) electrons. The number of benzene rings is 1. The van der Waals surface area contributed by atoms with Gasteiger partial charge in [0.05, 0.1) is 6.33 Å². The predicted molar refractivity (Wildman–Crippen MR) is 147 cm³/mol. The molecule has 4 atom stereocenters. The van der Waals surface area contributed by atoms with Crippen molar-refractivity contribution in [3.8, 4) is 17.6 Å². The SMILES string of the molecule is CCNC(=O)[C@H]1O[C@@H](n2cnc3c(N)nc(C#CCC4CCN(C(=O)Oc5ccc(C)cc5)CC4)nc32)C(O)C1O. The van der Waals surface area contributed by atoms with Gasteiger partial charge in [-0.3, -0.25) is 9.36 Å². The van der Waals surface area contributed by atoms with Gasteiger partial charge in [-0.25, -0.2) is 19.7 Å². The topological polar surface area (TPSA) is 178 Å². The van der Waals surface area contributed by atoms with E-state index in [9.17, 15) is 19.8 Å². The summed E-state index contributed by atoms with van der Waals surface area (Å²) < 4.78 is 12.6. The number of rotatable bonds is 5. The molecule has 0 saturated carbocycles. The van der Waals surface area contributed by atoms with Gasteiger partial charge in [-0.15, -0.1) is 0 Å². The zero-order valence-electron chi connectivity index (χ0n) is 22.9. The van der Waals surface area contributed by atoms with E-state index in [-0.39, 0.29) is 28.9 Å². The van der Waals surface area contributed by atoms with Crippen LogP contribution in [0.3, 0.4) is 0 Å². The van der Waals surface area contributed by atoms with Crippen molar-refractivity contribution < 1.29 is 29.3 Å². The number of carbonyl (C=O) groups excluding carboxylic acids is 2. The van der Waals surface area contributed by atoms with Crippen molar-refractivity contribution in [1.82, 2.24) is 29.7 Å². The highest BCUT2D eigenvalue weighted by atomic mass is 16.6. The van der Waals surface area contributed by atoms with E-state index in [2.05, 4.69) is 32.1 Å². The first kappa shape index (κ1) is 28.3. The number of imidazole rings is 1. The van der Waals surface area contributed by atoms with Crippen LogP contribution < -0.4 is 15.8 Å². The number of nitrogens with zero attached hydrogens (tertiary/aromatic N) is 5. The normalized spacial score (nSPS) is 22.8. The molecule has 2 amide bonds. The zero-order chi connectivity index (χ0) is 29.1. The molecule has 0 spiro atoms. The van der Waals surface area contributed by atoms with Gasteiger partial charge in [0.2, 0.25) is 5.82 Å². The first-order valence-corrected chi connectivity index (χ1v) is 13.6. The monoisotopic (exact) mass is 563 g/mol. The van der Waals surface area contributed by atoms with Crippen molar-refractivity contribution >= 4 is 29.0 Å². The number of likely N-dealkylation sites (N-methyl/N-ethyl adjacent to an activating group) is 1. The lowest BCUT2D eigenvalue weighted by atomic mass is 9.94. The van der Waals surface area contributed by atoms with E-state index in [1.165, 1.54) is 10.9 Å². The summed E-state index contributed by atoms with van der Waals surface area (Å²) in [6.07, 6.45) is -2.01. The van der Waals surface area contributed by atoms with Gasteiger partial charge in [0.1, 0.15) is 23.5 Å². The fourth-order valence-electron chi connectivity index (χ4n) is 4.93. The van der Waals surface area contributed by atoms with E-state index in [1.54, 1.807) is 24.0 Å². The Bertz CT molecular complexity index is 1470. The van der Waals surface area contributed by atoms with Crippen molar-refractivity contribution in [1.29, 1.82) is 0 Å². The molecule has 2 fully saturated rings. The Morgan fingerprint density at radius 3 is 2.61 bits per heavy atom. The van der Waals surface area contributed by atoms with Gasteiger partial charge in [-0.05, 0) is 50.7 Å². The van der Waals surface area contributed by atoms with Gasteiger partial charge in [0, 0.05) is 26.1 Å². The average Bonchev–Trinajstić information content (AvgIpc) is 3.51. The minimum atomic E-state index is -1.43. The van der Waals surface area contributed by atoms with Crippen LogP contribution in [-0.4, -0.2) is 84.6 Å². The fraction of sp³-hybridized carbons (Fsp3) is 0.464. The molecular weight excluding hydrogens is 530 g/mol. The number of fused-ring (bicyclic) bond motifs is 1. The Kier molecular flexibility index (Phi) is 8.34. The molecular formula is C28H33N7O6. The molecule has 0 bridgehead atoms. The molecule has 5 N–H and O–H groups in total. The summed E-state index contributed by atoms with van der Waals surface area (Å²) in [6, 6.07) is 7.36. The number of nitrogens with two attached hydrogens (primary N) is 1.